The number of hydrogen-bond acceptors (Lipinski definition) is 6. The average Bonchev–Trinajstić information content (AvgIpc) is 2.75. The van der Waals surface area contributed by atoms with E-state index >= 15 is 0 Å². The van der Waals surface area contributed by atoms with Gasteiger partial charge in [-0.05, 0) is 23.3 Å². The molecule has 31 heavy (non-hydrogen) atoms. The van der Waals surface area contributed by atoms with Crippen LogP contribution in [0.5, 0.6) is 11.5 Å². The Morgan fingerprint density at radius 1 is 0.839 bits per heavy atom. The number of aliphatic hydroxyl groups is 1. The van der Waals surface area contributed by atoms with Gasteiger partial charge >= 0.3 is 11.9 Å². The van der Waals surface area contributed by atoms with Gasteiger partial charge in [-0.15, -0.1) is 0 Å². The maximum absolute atomic E-state index is 13.2. The second-order valence-corrected chi connectivity index (χ2v) is 6.99. The topological polar surface area (TPSA) is 89.9 Å². The Morgan fingerprint density at radius 3 is 2.00 bits per heavy atom. The highest BCUT2D eigenvalue weighted by molar-refractivity contribution is 6.03. The van der Waals surface area contributed by atoms with Crippen molar-refractivity contribution in [1.82, 2.24) is 0 Å². The Bertz CT molecular complexity index is 1090. The monoisotopic (exact) mass is 418 g/mol. The summed E-state index contributed by atoms with van der Waals surface area (Å²) in [5.41, 5.74) is 1.72. The lowest BCUT2D eigenvalue weighted by Crippen LogP contribution is -2.17. The molecular weight excluding hydrogens is 396 g/mol. The van der Waals surface area contributed by atoms with Crippen molar-refractivity contribution in [3.8, 4) is 11.5 Å². The summed E-state index contributed by atoms with van der Waals surface area (Å²) in [7, 11) is 0. The number of esters is 2. The van der Waals surface area contributed by atoms with Gasteiger partial charge in [0.05, 0.1) is 5.56 Å². The van der Waals surface area contributed by atoms with Gasteiger partial charge in [-0.1, -0.05) is 60.7 Å². The summed E-state index contributed by atoms with van der Waals surface area (Å²) in [5, 5.41) is 10.7. The second kappa shape index (κ2) is 9.82. The summed E-state index contributed by atoms with van der Waals surface area (Å²) < 4.78 is 10.6. The number of rotatable bonds is 7. The SMILES string of the molecule is CC(=O)Oc1cc(Cc2ccccc2)c(OC(C)=O)c(C(=O)C(O)c2ccccc2)c1. The third-order valence-electron chi connectivity index (χ3n) is 4.51. The number of carbonyl (C=O) groups excluding carboxylic acids is 3. The first-order valence-corrected chi connectivity index (χ1v) is 9.70. The molecule has 0 amide bonds. The Morgan fingerprint density at radius 2 is 1.42 bits per heavy atom. The number of ketones is 1. The number of aliphatic hydroxyl groups excluding tert-OH is 1. The van der Waals surface area contributed by atoms with Gasteiger partial charge in [-0.2, -0.15) is 0 Å². The molecule has 0 spiro atoms. The Hall–Kier alpha value is -3.77. The quantitative estimate of drug-likeness (QED) is 0.354. The molecule has 158 valence electrons. The zero-order chi connectivity index (χ0) is 22.4. The van der Waals surface area contributed by atoms with Crippen molar-refractivity contribution in [3.05, 3.63) is 95.1 Å². The lowest BCUT2D eigenvalue weighted by Gasteiger charge is -2.18. The standard InChI is InChI=1S/C25H22O6/c1-16(26)30-21-14-20(13-18-9-5-3-6-10-18)25(31-17(2)27)22(15-21)24(29)23(28)19-11-7-4-8-12-19/h3-12,14-15,23,28H,13H2,1-2H3. The van der Waals surface area contributed by atoms with Gasteiger partial charge in [0.15, 0.2) is 5.78 Å². The first-order chi connectivity index (χ1) is 14.8. The summed E-state index contributed by atoms with van der Waals surface area (Å²) >= 11 is 0. The lowest BCUT2D eigenvalue weighted by molar-refractivity contribution is -0.133. The summed E-state index contributed by atoms with van der Waals surface area (Å²) in [6, 6.07) is 20.6. The van der Waals surface area contributed by atoms with E-state index in [0.717, 1.165) is 5.56 Å². The molecule has 0 aliphatic carbocycles. The van der Waals surface area contributed by atoms with Gasteiger partial charge in [0.2, 0.25) is 0 Å². The minimum absolute atomic E-state index is 0.0345. The molecule has 3 rings (SSSR count). The van der Waals surface area contributed by atoms with E-state index in [2.05, 4.69) is 0 Å². The van der Waals surface area contributed by atoms with Crippen LogP contribution in [-0.4, -0.2) is 22.8 Å². The van der Waals surface area contributed by atoms with E-state index in [0.29, 0.717) is 17.5 Å². The molecule has 0 bridgehead atoms. The zero-order valence-corrected chi connectivity index (χ0v) is 17.2. The van der Waals surface area contributed by atoms with Crippen molar-refractivity contribution < 1.29 is 29.0 Å². The van der Waals surface area contributed by atoms with Crippen molar-refractivity contribution in [2.24, 2.45) is 0 Å². The van der Waals surface area contributed by atoms with Crippen LogP contribution in [0.15, 0.2) is 72.8 Å². The third-order valence-corrected chi connectivity index (χ3v) is 4.51. The molecule has 0 radical (unpaired) electrons. The fraction of sp³-hybridized carbons (Fsp3) is 0.160. The Kier molecular flexibility index (Phi) is 6.95. The largest absolute Gasteiger partial charge is 0.427 e. The normalized spacial score (nSPS) is 11.5. The smallest absolute Gasteiger partial charge is 0.308 e. The highest BCUT2D eigenvalue weighted by Crippen LogP contribution is 2.35. The summed E-state index contributed by atoms with van der Waals surface area (Å²) in [5.74, 6) is -1.69. The maximum Gasteiger partial charge on any atom is 0.308 e. The molecule has 3 aromatic rings. The third kappa shape index (κ3) is 5.65. The minimum atomic E-state index is -1.48. The van der Waals surface area contributed by atoms with E-state index < -0.39 is 23.8 Å². The Balaban J connectivity index is 2.14. The van der Waals surface area contributed by atoms with Crippen LogP contribution in [0.25, 0.3) is 0 Å². The summed E-state index contributed by atoms with van der Waals surface area (Å²) in [6.07, 6.45) is -1.16. The van der Waals surface area contributed by atoms with Gasteiger partial charge in [-0.25, -0.2) is 0 Å². The molecule has 0 aliphatic heterocycles. The minimum Gasteiger partial charge on any atom is -0.427 e. The molecule has 6 heteroatoms. The van der Waals surface area contributed by atoms with Crippen LogP contribution in [0.3, 0.4) is 0 Å². The van der Waals surface area contributed by atoms with Crippen LogP contribution >= 0.6 is 0 Å². The molecule has 1 atom stereocenters. The molecule has 0 heterocycles. The second-order valence-electron chi connectivity index (χ2n) is 6.99. The van der Waals surface area contributed by atoms with E-state index in [4.69, 9.17) is 9.47 Å². The van der Waals surface area contributed by atoms with Crippen LogP contribution in [0.1, 0.15) is 47.0 Å². The number of benzene rings is 3. The first kappa shape index (κ1) is 21.9. The molecule has 0 saturated carbocycles. The predicted octanol–water partition coefficient (Wildman–Crippen LogP) is 4.04. The predicted molar refractivity (Wildman–Crippen MR) is 114 cm³/mol. The van der Waals surface area contributed by atoms with Crippen LogP contribution in [0.2, 0.25) is 0 Å². The van der Waals surface area contributed by atoms with E-state index in [-0.39, 0.29) is 17.1 Å². The van der Waals surface area contributed by atoms with Gasteiger partial charge in [0, 0.05) is 25.8 Å². The highest BCUT2D eigenvalue weighted by Gasteiger charge is 2.27. The average molecular weight is 418 g/mol. The maximum atomic E-state index is 13.2. The molecule has 0 fully saturated rings. The van der Waals surface area contributed by atoms with E-state index in [1.807, 2.05) is 30.3 Å². The molecular formula is C25H22O6. The van der Waals surface area contributed by atoms with Crippen LogP contribution in [-0.2, 0) is 16.0 Å². The van der Waals surface area contributed by atoms with Crippen molar-refractivity contribution >= 4 is 17.7 Å². The van der Waals surface area contributed by atoms with Crippen LogP contribution in [0, 0.1) is 0 Å². The fourth-order valence-corrected chi connectivity index (χ4v) is 3.21. The van der Waals surface area contributed by atoms with Crippen LogP contribution < -0.4 is 9.47 Å². The van der Waals surface area contributed by atoms with Gasteiger partial charge in [-0.3, -0.25) is 14.4 Å². The lowest BCUT2D eigenvalue weighted by atomic mass is 9.94. The van der Waals surface area contributed by atoms with Crippen molar-refractivity contribution in [2.75, 3.05) is 0 Å². The highest BCUT2D eigenvalue weighted by atomic mass is 16.5. The van der Waals surface area contributed by atoms with Gasteiger partial charge in [0.25, 0.3) is 0 Å². The van der Waals surface area contributed by atoms with Gasteiger partial charge < -0.3 is 14.6 Å². The fourth-order valence-electron chi connectivity index (χ4n) is 3.21. The zero-order valence-electron chi connectivity index (χ0n) is 17.2. The molecule has 1 unspecified atom stereocenters. The van der Waals surface area contributed by atoms with Gasteiger partial charge in [0.1, 0.15) is 17.6 Å². The number of carbonyl (C=O) groups is 3. The molecule has 0 saturated heterocycles. The van der Waals surface area contributed by atoms with Crippen molar-refractivity contribution in [1.29, 1.82) is 0 Å². The van der Waals surface area contributed by atoms with Crippen molar-refractivity contribution in [2.45, 2.75) is 26.4 Å². The number of ether oxygens (including phenoxy) is 2. The number of Topliss-reactive ketones (excluding diaryl/α,β-unsaturated/α-hetero) is 1. The van der Waals surface area contributed by atoms with E-state index in [9.17, 15) is 19.5 Å². The van der Waals surface area contributed by atoms with Crippen LogP contribution in [0.4, 0.5) is 0 Å². The summed E-state index contributed by atoms with van der Waals surface area (Å²) in [4.78, 5) is 36.6. The number of hydrogen-bond donors (Lipinski definition) is 1. The molecule has 0 aromatic heterocycles. The first-order valence-electron chi connectivity index (χ1n) is 9.70. The molecule has 1 N–H and O–H groups in total. The summed E-state index contributed by atoms with van der Waals surface area (Å²) in [6.45, 7) is 2.48. The molecule has 3 aromatic carbocycles. The van der Waals surface area contributed by atoms with E-state index in [1.54, 1.807) is 36.4 Å². The molecule has 6 nitrogen and oxygen atoms in total. The Labute approximate surface area is 180 Å². The van der Waals surface area contributed by atoms with E-state index in [1.165, 1.54) is 19.9 Å². The van der Waals surface area contributed by atoms with Crippen molar-refractivity contribution in [3.63, 3.8) is 0 Å². The molecule has 0 aliphatic rings.